The number of ether oxygens (including phenoxy) is 4. The molecule has 0 radical (unpaired) electrons. The number of aliphatic hydroxyl groups is 2. The number of carbonyl (C=O) groups excluding carboxylic acids is 1. The maximum absolute atomic E-state index is 12.0. The predicted molar refractivity (Wildman–Crippen MR) is 86.8 cm³/mol. The van der Waals surface area contributed by atoms with Gasteiger partial charge in [0, 0.05) is 6.20 Å². The Morgan fingerprint density at radius 3 is 2.89 bits per heavy atom. The SMILES string of the molecule is CC(C)OC(=O)OCOCC1=C(O)C(O)[C@](C#N)(n2ccc(N)nc2=O)O1. The summed E-state index contributed by atoms with van der Waals surface area (Å²) in [6, 6.07) is 2.86. The van der Waals surface area contributed by atoms with Crippen LogP contribution in [0.5, 0.6) is 0 Å². The van der Waals surface area contributed by atoms with E-state index in [0.717, 1.165) is 6.20 Å². The first-order chi connectivity index (χ1) is 12.7. The molecule has 0 aliphatic carbocycles. The highest BCUT2D eigenvalue weighted by Crippen LogP contribution is 2.36. The monoisotopic (exact) mass is 382 g/mol. The molecule has 146 valence electrons. The summed E-state index contributed by atoms with van der Waals surface area (Å²) in [6.45, 7) is 2.27. The van der Waals surface area contributed by atoms with Crippen molar-refractivity contribution in [1.82, 2.24) is 9.55 Å². The van der Waals surface area contributed by atoms with Crippen molar-refractivity contribution in [2.24, 2.45) is 0 Å². The van der Waals surface area contributed by atoms with Crippen molar-refractivity contribution in [3.63, 3.8) is 0 Å². The molecule has 0 amide bonds. The van der Waals surface area contributed by atoms with E-state index in [0.29, 0.717) is 4.57 Å². The van der Waals surface area contributed by atoms with E-state index in [-0.39, 0.29) is 17.7 Å². The van der Waals surface area contributed by atoms with Gasteiger partial charge < -0.3 is 34.9 Å². The zero-order valence-corrected chi connectivity index (χ0v) is 14.5. The van der Waals surface area contributed by atoms with Crippen LogP contribution in [0.3, 0.4) is 0 Å². The minimum Gasteiger partial charge on any atom is -0.506 e. The van der Waals surface area contributed by atoms with Gasteiger partial charge in [-0.1, -0.05) is 0 Å². The van der Waals surface area contributed by atoms with Gasteiger partial charge in [0.05, 0.1) is 6.10 Å². The van der Waals surface area contributed by atoms with Gasteiger partial charge in [0.1, 0.15) is 18.5 Å². The van der Waals surface area contributed by atoms with E-state index in [2.05, 4.69) is 9.72 Å². The number of hydrogen-bond donors (Lipinski definition) is 3. The van der Waals surface area contributed by atoms with Crippen LogP contribution in [-0.4, -0.2) is 51.5 Å². The van der Waals surface area contributed by atoms with Crippen molar-refractivity contribution < 1.29 is 34.0 Å². The highest BCUT2D eigenvalue weighted by molar-refractivity contribution is 5.59. The third kappa shape index (κ3) is 4.10. The number of carbonyl (C=O) groups is 1. The van der Waals surface area contributed by atoms with E-state index >= 15 is 0 Å². The molecule has 0 fully saturated rings. The summed E-state index contributed by atoms with van der Waals surface area (Å²) in [5, 5.41) is 29.8. The Labute approximate surface area is 152 Å². The van der Waals surface area contributed by atoms with Gasteiger partial charge >= 0.3 is 17.6 Å². The molecule has 0 aromatic carbocycles. The number of aromatic nitrogens is 2. The zero-order valence-electron chi connectivity index (χ0n) is 14.5. The molecule has 12 heteroatoms. The molecule has 2 heterocycles. The summed E-state index contributed by atoms with van der Waals surface area (Å²) < 4.78 is 20.3. The fraction of sp³-hybridized carbons (Fsp3) is 0.467. The number of rotatable bonds is 6. The number of nitrogen functional groups attached to an aromatic ring is 1. The fourth-order valence-electron chi connectivity index (χ4n) is 2.18. The van der Waals surface area contributed by atoms with Gasteiger partial charge in [-0.3, -0.25) is 0 Å². The molecule has 2 atom stereocenters. The second-order valence-electron chi connectivity index (χ2n) is 5.65. The summed E-state index contributed by atoms with van der Waals surface area (Å²) in [5.74, 6) is -1.14. The average Bonchev–Trinajstić information content (AvgIpc) is 2.83. The van der Waals surface area contributed by atoms with Crippen LogP contribution in [0, 0.1) is 11.3 Å². The van der Waals surface area contributed by atoms with Gasteiger partial charge in [0.15, 0.2) is 24.4 Å². The fourth-order valence-corrected chi connectivity index (χ4v) is 2.18. The smallest absolute Gasteiger partial charge is 0.506 e. The van der Waals surface area contributed by atoms with Crippen LogP contribution in [0.25, 0.3) is 0 Å². The van der Waals surface area contributed by atoms with Gasteiger partial charge in [0.25, 0.3) is 0 Å². The van der Waals surface area contributed by atoms with Gasteiger partial charge in [-0.05, 0) is 19.9 Å². The standard InChI is InChI=1S/C15H18N4O8/c1-8(2)26-14(23)25-7-24-5-9-11(20)12(21)15(6-16,27-9)19-4-3-10(17)18-13(19)22/h3-4,8,12,20-21H,5,7H2,1-2H3,(H2,17,18,22)/t12?,15-/m1/s1. The Kier molecular flexibility index (Phi) is 5.88. The van der Waals surface area contributed by atoms with E-state index in [9.17, 15) is 25.1 Å². The number of nitrogens with two attached hydrogens (primary N) is 1. The predicted octanol–water partition coefficient (Wildman–Crippen LogP) is -0.302. The first-order valence-corrected chi connectivity index (χ1v) is 7.68. The van der Waals surface area contributed by atoms with Crippen LogP contribution < -0.4 is 11.4 Å². The van der Waals surface area contributed by atoms with Gasteiger partial charge in [-0.2, -0.15) is 10.2 Å². The molecular formula is C15H18N4O8. The minimum absolute atomic E-state index is 0.0944. The van der Waals surface area contributed by atoms with Crippen LogP contribution in [0.1, 0.15) is 13.8 Å². The topological polar surface area (TPSA) is 179 Å². The second-order valence-corrected chi connectivity index (χ2v) is 5.65. The third-order valence-electron chi connectivity index (χ3n) is 3.36. The third-order valence-corrected chi connectivity index (χ3v) is 3.36. The minimum atomic E-state index is -2.29. The Hall–Kier alpha value is -3.30. The molecule has 0 bridgehead atoms. The van der Waals surface area contributed by atoms with Crippen LogP contribution in [-0.2, 0) is 24.7 Å². The number of aliphatic hydroxyl groups excluding tert-OH is 2. The molecule has 1 aliphatic heterocycles. The molecule has 2 rings (SSSR count). The maximum Gasteiger partial charge on any atom is 0.510 e. The number of nitrogens with zero attached hydrogens (tertiary/aromatic N) is 3. The highest BCUT2D eigenvalue weighted by atomic mass is 16.8. The van der Waals surface area contributed by atoms with Crippen molar-refractivity contribution in [2.45, 2.75) is 31.8 Å². The number of hydrogen-bond acceptors (Lipinski definition) is 11. The Bertz CT molecular complexity index is 843. The lowest BCUT2D eigenvalue weighted by Gasteiger charge is -2.26. The molecule has 0 spiro atoms. The molecule has 12 nitrogen and oxygen atoms in total. The molecule has 1 aliphatic rings. The molecule has 0 saturated carbocycles. The van der Waals surface area contributed by atoms with Gasteiger partial charge in [0.2, 0.25) is 0 Å². The second kappa shape index (κ2) is 7.94. The van der Waals surface area contributed by atoms with Crippen molar-refractivity contribution in [2.75, 3.05) is 19.1 Å². The number of nitriles is 1. The van der Waals surface area contributed by atoms with Gasteiger partial charge in [-0.25, -0.2) is 14.2 Å². The largest absolute Gasteiger partial charge is 0.510 e. The summed E-state index contributed by atoms with van der Waals surface area (Å²) in [7, 11) is 0. The summed E-state index contributed by atoms with van der Waals surface area (Å²) in [5.41, 5.74) is 2.13. The molecule has 1 unspecified atom stereocenters. The molecule has 4 N–H and O–H groups in total. The quantitative estimate of drug-likeness (QED) is 0.334. The summed E-state index contributed by atoms with van der Waals surface area (Å²) in [4.78, 5) is 26.7. The Balaban J connectivity index is 2.07. The van der Waals surface area contributed by atoms with Crippen molar-refractivity contribution in [3.8, 4) is 6.07 Å². The Morgan fingerprint density at radius 1 is 1.59 bits per heavy atom. The molecule has 27 heavy (non-hydrogen) atoms. The van der Waals surface area contributed by atoms with Crippen LogP contribution in [0.15, 0.2) is 28.6 Å². The van der Waals surface area contributed by atoms with E-state index < -0.39 is 42.8 Å². The van der Waals surface area contributed by atoms with E-state index in [1.807, 2.05) is 0 Å². The zero-order chi connectivity index (χ0) is 20.2. The first kappa shape index (κ1) is 20.0. The summed E-state index contributed by atoms with van der Waals surface area (Å²) in [6.07, 6.45) is -2.13. The van der Waals surface area contributed by atoms with E-state index in [1.54, 1.807) is 19.9 Å². The van der Waals surface area contributed by atoms with Crippen molar-refractivity contribution in [1.29, 1.82) is 5.26 Å². The van der Waals surface area contributed by atoms with Crippen molar-refractivity contribution in [3.05, 3.63) is 34.3 Å². The van der Waals surface area contributed by atoms with E-state index in [1.165, 1.54) is 6.07 Å². The highest BCUT2D eigenvalue weighted by Gasteiger charge is 2.53. The lowest BCUT2D eigenvalue weighted by Crippen LogP contribution is -2.48. The molecule has 0 saturated heterocycles. The van der Waals surface area contributed by atoms with Crippen LogP contribution in [0.4, 0.5) is 10.6 Å². The lowest BCUT2D eigenvalue weighted by atomic mass is 10.1. The summed E-state index contributed by atoms with van der Waals surface area (Å²) >= 11 is 0. The normalized spacial score (nSPS) is 21.7. The van der Waals surface area contributed by atoms with Crippen molar-refractivity contribution >= 4 is 12.0 Å². The average molecular weight is 382 g/mol. The number of anilines is 1. The molecular weight excluding hydrogens is 364 g/mol. The van der Waals surface area contributed by atoms with Crippen LogP contribution >= 0.6 is 0 Å². The maximum atomic E-state index is 12.0. The lowest BCUT2D eigenvalue weighted by molar-refractivity contribution is -0.0923. The van der Waals surface area contributed by atoms with Crippen LogP contribution in [0.2, 0.25) is 0 Å². The van der Waals surface area contributed by atoms with Gasteiger partial charge in [-0.15, -0.1) is 0 Å². The van der Waals surface area contributed by atoms with E-state index in [4.69, 9.17) is 19.9 Å². The molecule has 1 aromatic rings. The Morgan fingerprint density at radius 2 is 2.30 bits per heavy atom. The first-order valence-electron chi connectivity index (χ1n) is 7.68. The molecule has 1 aromatic heterocycles.